The Labute approximate surface area is 178 Å². The van der Waals surface area contributed by atoms with E-state index in [2.05, 4.69) is 15.4 Å². The molecule has 1 aliphatic heterocycles. The van der Waals surface area contributed by atoms with Gasteiger partial charge in [0.2, 0.25) is 5.91 Å². The Hall–Kier alpha value is -3.24. The van der Waals surface area contributed by atoms with Gasteiger partial charge in [0, 0.05) is 32.9 Å². The molecule has 168 valence electrons. The second-order valence-corrected chi connectivity index (χ2v) is 7.03. The second-order valence-electron chi connectivity index (χ2n) is 7.03. The minimum Gasteiger partial charge on any atom is -0.497 e. The summed E-state index contributed by atoms with van der Waals surface area (Å²) in [6.07, 6.45) is -1.15. The standard InChI is InChI=1S/C20H25F3N6O2/c1-4-24-19(25-10-14-5-6-16(31-3)9-17(14)20(21,22)23)28-7-8-29(18(30)13-28)15-11-26-27(2)12-15/h5-6,9,11-12H,4,7-8,10,13H2,1-3H3,(H,24,25). The molecular formula is C20H25F3N6O2. The zero-order chi connectivity index (χ0) is 22.6. The molecule has 8 nitrogen and oxygen atoms in total. The summed E-state index contributed by atoms with van der Waals surface area (Å²) in [5, 5.41) is 7.15. The maximum atomic E-state index is 13.5. The van der Waals surface area contributed by atoms with Crippen molar-refractivity contribution in [2.45, 2.75) is 19.6 Å². The van der Waals surface area contributed by atoms with Crippen LogP contribution < -0.4 is 15.0 Å². The smallest absolute Gasteiger partial charge is 0.416 e. The number of hydrogen-bond donors (Lipinski definition) is 1. The molecule has 0 aliphatic carbocycles. The summed E-state index contributed by atoms with van der Waals surface area (Å²) >= 11 is 0. The predicted molar refractivity (Wildman–Crippen MR) is 110 cm³/mol. The maximum absolute atomic E-state index is 13.5. The molecule has 1 aliphatic rings. The van der Waals surface area contributed by atoms with Gasteiger partial charge in [0.15, 0.2) is 5.96 Å². The molecule has 3 rings (SSSR count). The van der Waals surface area contributed by atoms with E-state index in [0.717, 1.165) is 6.07 Å². The number of ether oxygens (including phenoxy) is 1. The van der Waals surface area contributed by atoms with Gasteiger partial charge in [-0.05, 0) is 24.6 Å². The van der Waals surface area contributed by atoms with E-state index in [1.807, 2.05) is 6.92 Å². The third kappa shape index (κ3) is 5.28. The number of nitrogens with one attached hydrogen (secondary N) is 1. The molecule has 1 aromatic heterocycles. The molecule has 0 bridgehead atoms. The van der Waals surface area contributed by atoms with Crippen molar-refractivity contribution in [2.24, 2.45) is 12.0 Å². The number of carbonyl (C=O) groups is 1. The number of hydrogen-bond acceptors (Lipinski definition) is 4. The molecule has 2 aromatic rings. The summed E-state index contributed by atoms with van der Waals surface area (Å²) in [7, 11) is 3.09. The number of guanidine groups is 1. The van der Waals surface area contributed by atoms with Crippen molar-refractivity contribution in [3.05, 3.63) is 41.7 Å². The molecule has 0 spiro atoms. The van der Waals surface area contributed by atoms with Crippen molar-refractivity contribution in [3.8, 4) is 5.75 Å². The lowest BCUT2D eigenvalue weighted by Gasteiger charge is -2.35. The Kier molecular flexibility index (Phi) is 6.71. The Balaban J connectivity index is 1.78. The Morgan fingerprint density at radius 3 is 2.68 bits per heavy atom. The second kappa shape index (κ2) is 9.27. The van der Waals surface area contributed by atoms with E-state index < -0.39 is 11.7 Å². The van der Waals surface area contributed by atoms with Gasteiger partial charge in [0.1, 0.15) is 12.3 Å². The van der Waals surface area contributed by atoms with Crippen LogP contribution in [0.5, 0.6) is 5.75 Å². The lowest BCUT2D eigenvalue weighted by Crippen LogP contribution is -2.55. The number of nitrogens with zero attached hydrogens (tertiary/aromatic N) is 5. The Bertz CT molecular complexity index is 957. The van der Waals surface area contributed by atoms with Crippen LogP contribution in [-0.4, -0.2) is 59.8 Å². The molecule has 1 N–H and O–H groups in total. The number of rotatable bonds is 5. The summed E-state index contributed by atoms with van der Waals surface area (Å²) in [4.78, 5) is 20.4. The number of anilines is 1. The number of halogens is 3. The van der Waals surface area contributed by atoms with Gasteiger partial charge in [-0.25, -0.2) is 4.99 Å². The van der Waals surface area contributed by atoms with E-state index >= 15 is 0 Å². The zero-order valence-corrected chi connectivity index (χ0v) is 17.6. The summed E-state index contributed by atoms with van der Waals surface area (Å²) < 4.78 is 46.9. The number of piperazine rings is 1. The van der Waals surface area contributed by atoms with Crippen LogP contribution in [0.25, 0.3) is 0 Å². The van der Waals surface area contributed by atoms with E-state index in [0.29, 0.717) is 31.3 Å². The number of benzene rings is 1. The minimum atomic E-state index is -4.52. The van der Waals surface area contributed by atoms with Gasteiger partial charge in [0.05, 0.1) is 31.1 Å². The third-order valence-electron chi connectivity index (χ3n) is 4.88. The highest BCUT2D eigenvalue weighted by Crippen LogP contribution is 2.34. The van der Waals surface area contributed by atoms with Crippen LogP contribution in [0.3, 0.4) is 0 Å². The van der Waals surface area contributed by atoms with E-state index in [1.165, 1.54) is 19.2 Å². The fraction of sp³-hybridized carbons (Fsp3) is 0.450. The minimum absolute atomic E-state index is 0.0315. The average molecular weight is 438 g/mol. The van der Waals surface area contributed by atoms with Crippen LogP contribution >= 0.6 is 0 Å². The van der Waals surface area contributed by atoms with Crippen molar-refractivity contribution in [1.29, 1.82) is 0 Å². The lowest BCUT2D eigenvalue weighted by atomic mass is 10.1. The highest BCUT2D eigenvalue weighted by molar-refractivity contribution is 5.98. The van der Waals surface area contributed by atoms with Crippen LogP contribution in [0.15, 0.2) is 35.6 Å². The number of aromatic nitrogens is 2. The summed E-state index contributed by atoms with van der Waals surface area (Å²) in [6, 6.07) is 3.80. The monoisotopic (exact) mass is 438 g/mol. The maximum Gasteiger partial charge on any atom is 0.416 e. The molecule has 1 saturated heterocycles. The first kappa shape index (κ1) is 22.4. The van der Waals surface area contributed by atoms with Crippen molar-refractivity contribution < 1.29 is 22.7 Å². The first-order valence-electron chi connectivity index (χ1n) is 9.79. The van der Waals surface area contributed by atoms with Gasteiger partial charge in [-0.2, -0.15) is 18.3 Å². The molecule has 1 fully saturated rings. The van der Waals surface area contributed by atoms with Gasteiger partial charge < -0.3 is 19.9 Å². The molecule has 31 heavy (non-hydrogen) atoms. The molecule has 11 heteroatoms. The number of aryl methyl sites for hydroxylation is 1. The molecule has 0 saturated carbocycles. The third-order valence-corrected chi connectivity index (χ3v) is 4.88. The summed E-state index contributed by atoms with van der Waals surface area (Å²) in [5.41, 5.74) is -0.0462. The number of carbonyl (C=O) groups excluding carboxylic acids is 1. The van der Waals surface area contributed by atoms with Crippen LogP contribution in [0.4, 0.5) is 18.9 Å². The van der Waals surface area contributed by atoms with Crippen molar-refractivity contribution in [2.75, 3.05) is 38.2 Å². The SMILES string of the molecule is CCNC(=NCc1ccc(OC)cc1C(F)(F)F)N1CCN(c2cnn(C)c2)C(=O)C1. The fourth-order valence-electron chi connectivity index (χ4n) is 3.34. The van der Waals surface area contributed by atoms with Gasteiger partial charge in [-0.15, -0.1) is 0 Å². The average Bonchev–Trinajstić information content (AvgIpc) is 3.16. The van der Waals surface area contributed by atoms with E-state index in [9.17, 15) is 18.0 Å². The van der Waals surface area contributed by atoms with E-state index in [1.54, 1.807) is 33.9 Å². The van der Waals surface area contributed by atoms with Crippen LogP contribution in [0.2, 0.25) is 0 Å². The molecular weight excluding hydrogens is 413 g/mol. The van der Waals surface area contributed by atoms with Crippen LogP contribution in [0, 0.1) is 0 Å². The van der Waals surface area contributed by atoms with Gasteiger partial charge >= 0.3 is 6.18 Å². The number of methoxy groups -OCH3 is 1. The molecule has 2 heterocycles. The number of aliphatic imine (C=N–C) groups is 1. The van der Waals surface area contributed by atoms with Crippen LogP contribution in [0.1, 0.15) is 18.1 Å². The Morgan fingerprint density at radius 1 is 1.32 bits per heavy atom. The quantitative estimate of drug-likeness (QED) is 0.573. The predicted octanol–water partition coefficient (Wildman–Crippen LogP) is 2.26. The normalized spacial score (nSPS) is 15.4. The fourth-order valence-corrected chi connectivity index (χ4v) is 3.34. The summed E-state index contributed by atoms with van der Waals surface area (Å²) in [6.45, 7) is 3.17. The molecule has 0 unspecified atom stereocenters. The lowest BCUT2D eigenvalue weighted by molar-refractivity contribution is -0.138. The van der Waals surface area contributed by atoms with E-state index in [-0.39, 0.29) is 30.3 Å². The molecule has 1 aromatic carbocycles. The topological polar surface area (TPSA) is 75.0 Å². The highest BCUT2D eigenvalue weighted by Gasteiger charge is 2.34. The van der Waals surface area contributed by atoms with Crippen molar-refractivity contribution >= 4 is 17.6 Å². The van der Waals surface area contributed by atoms with E-state index in [4.69, 9.17) is 4.74 Å². The zero-order valence-electron chi connectivity index (χ0n) is 17.6. The van der Waals surface area contributed by atoms with Crippen molar-refractivity contribution in [3.63, 3.8) is 0 Å². The summed E-state index contributed by atoms with van der Waals surface area (Å²) in [5.74, 6) is 0.389. The number of amides is 1. The van der Waals surface area contributed by atoms with Gasteiger partial charge in [-0.3, -0.25) is 9.48 Å². The van der Waals surface area contributed by atoms with Crippen molar-refractivity contribution in [1.82, 2.24) is 20.0 Å². The molecule has 1 amide bonds. The van der Waals surface area contributed by atoms with Crippen LogP contribution in [-0.2, 0) is 24.6 Å². The van der Waals surface area contributed by atoms with Gasteiger partial charge in [0.25, 0.3) is 0 Å². The first-order valence-corrected chi connectivity index (χ1v) is 9.79. The molecule has 0 radical (unpaired) electrons. The Morgan fingerprint density at radius 2 is 2.10 bits per heavy atom. The van der Waals surface area contributed by atoms with Gasteiger partial charge in [-0.1, -0.05) is 6.07 Å². The largest absolute Gasteiger partial charge is 0.497 e. The molecule has 0 atom stereocenters. The first-order chi connectivity index (χ1) is 14.7. The number of alkyl halides is 3. The highest BCUT2D eigenvalue weighted by atomic mass is 19.4.